The number of esters is 1. The van der Waals surface area contributed by atoms with Crippen LogP contribution in [0, 0.1) is 0 Å². The number of sulfone groups is 1. The van der Waals surface area contributed by atoms with Gasteiger partial charge in [0.05, 0.1) is 11.2 Å². The average Bonchev–Trinajstić information content (AvgIpc) is 2.32. The number of carbonyl (C=O) groups excluding carboxylic acids is 2. The third-order valence-corrected chi connectivity index (χ3v) is 6.30. The van der Waals surface area contributed by atoms with E-state index >= 15 is 0 Å². The molecule has 0 aromatic rings. The molecule has 2 atom stereocenters. The summed E-state index contributed by atoms with van der Waals surface area (Å²) >= 11 is 5.28. The number of carbonyl (C=O) groups is 2. The van der Waals surface area contributed by atoms with Crippen LogP contribution in [0.15, 0.2) is 0 Å². The van der Waals surface area contributed by atoms with Gasteiger partial charge in [-0.2, -0.15) is 0 Å². The van der Waals surface area contributed by atoms with Crippen LogP contribution in [-0.2, 0) is 24.2 Å². The Morgan fingerprint density at radius 2 is 2.18 bits per heavy atom. The quantitative estimate of drug-likeness (QED) is 0.400. The number of hydrogen-bond donors (Lipinski definition) is 0. The Hall–Kier alpha value is -0.820. The van der Waals surface area contributed by atoms with Crippen LogP contribution in [0.2, 0.25) is 0 Å². The Labute approximate surface area is 104 Å². The first kappa shape index (κ1) is 12.6. The molecule has 1 amide bonds. The summed E-state index contributed by atoms with van der Waals surface area (Å²) in [6, 6.07) is -1.46. The Morgan fingerprint density at radius 1 is 1.59 bits per heavy atom. The standard InChI is InChI=1S/C9H12ClNO5S/c1-9(2)7(8(13)16-4-10)11-5(12)3-6(11)17(9,14)15/h6-7H,3-4H2,1-2H3/t6-,7-/m0/s1. The van der Waals surface area contributed by atoms with Crippen LogP contribution >= 0.6 is 11.6 Å². The van der Waals surface area contributed by atoms with E-state index < -0.39 is 32.0 Å². The number of ether oxygens (including phenoxy) is 1. The monoisotopic (exact) mass is 281 g/mol. The molecular formula is C9H12ClNO5S. The second-order valence-electron chi connectivity index (χ2n) is 4.58. The topological polar surface area (TPSA) is 80.8 Å². The highest BCUT2D eigenvalue weighted by Crippen LogP contribution is 2.45. The maximum absolute atomic E-state index is 12.1. The first-order chi connectivity index (χ1) is 7.75. The van der Waals surface area contributed by atoms with E-state index in [2.05, 4.69) is 4.74 Å². The molecule has 2 rings (SSSR count). The zero-order valence-corrected chi connectivity index (χ0v) is 10.9. The molecule has 0 spiro atoms. The van der Waals surface area contributed by atoms with Gasteiger partial charge in [-0.05, 0) is 13.8 Å². The van der Waals surface area contributed by atoms with Crippen LogP contribution in [0.3, 0.4) is 0 Å². The fourth-order valence-corrected chi connectivity index (χ4v) is 4.57. The molecule has 2 aliphatic rings. The number of fused-ring (bicyclic) bond motifs is 1. The molecule has 2 heterocycles. The number of alkyl halides is 1. The van der Waals surface area contributed by atoms with Crippen LogP contribution in [0.1, 0.15) is 20.3 Å². The van der Waals surface area contributed by atoms with E-state index in [9.17, 15) is 18.0 Å². The highest BCUT2D eigenvalue weighted by molar-refractivity contribution is 7.93. The van der Waals surface area contributed by atoms with Gasteiger partial charge in [0.2, 0.25) is 5.91 Å². The molecule has 0 aromatic heterocycles. The van der Waals surface area contributed by atoms with Gasteiger partial charge in [0.1, 0.15) is 11.4 Å². The van der Waals surface area contributed by atoms with Gasteiger partial charge in [-0.15, -0.1) is 0 Å². The lowest BCUT2D eigenvalue weighted by Gasteiger charge is -2.35. The molecule has 0 aliphatic carbocycles. The second kappa shape index (κ2) is 3.58. The van der Waals surface area contributed by atoms with Crippen LogP contribution in [0.25, 0.3) is 0 Å². The normalized spacial score (nSPS) is 32.9. The third-order valence-electron chi connectivity index (χ3n) is 3.40. The molecule has 8 heteroatoms. The van der Waals surface area contributed by atoms with Gasteiger partial charge in [-0.25, -0.2) is 13.2 Å². The SMILES string of the molecule is CC1(C)[C@H](C(=O)OCCl)N2C(=O)C[C@@H]2S1(=O)=O. The van der Waals surface area contributed by atoms with Gasteiger partial charge in [0, 0.05) is 0 Å². The fraction of sp³-hybridized carbons (Fsp3) is 0.778. The summed E-state index contributed by atoms with van der Waals surface area (Å²) in [7, 11) is -3.55. The van der Waals surface area contributed by atoms with E-state index in [1.807, 2.05) is 0 Å². The fourth-order valence-electron chi connectivity index (χ4n) is 2.34. The van der Waals surface area contributed by atoms with Crippen molar-refractivity contribution in [1.29, 1.82) is 0 Å². The largest absolute Gasteiger partial charge is 0.448 e. The number of rotatable bonds is 2. The molecular weight excluding hydrogens is 270 g/mol. The molecule has 96 valence electrons. The maximum atomic E-state index is 12.1. The highest BCUT2D eigenvalue weighted by Gasteiger charge is 2.68. The first-order valence-electron chi connectivity index (χ1n) is 5.02. The van der Waals surface area contributed by atoms with E-state index in [-0.39, 0.29) is 18.4 Å². The Morgan fingerprint density at radius 3 is 2.65 bits per heavy atom. The van der Waals surface area contributed by atoms with E-state index in [0.29, 0.717) is 0 Å². The lowest BCUT2D eigenvalue weighted by atomic mass is 9.98. The number of hydrogen-bond acceptors (Lipinski definition) is 5. The third kappa shape index (κ3) is 1.41. The maximum Gasteiger partial charge on any atom is 0.331 e. The van der Waals surface area contributed by atoms with Gasteiger partial charge in [0.25, 0.3) is 0 Å². The zero-order valence-electron chi connectivity index (χ0n) is 9.34. The minimum absolute atomic E-state index is 0.0591. The van der Waals surface area contributed by atoms with Crippen molar-refractivity contribution in [2.75, 3.05) is 6.07 Å². The van der Waals surface area contributed by atoms with Crippen molar-refractivity contribution in [1.82, 2.24) is 4.90 Å². The molecule has 2 saturated heterocycles. The summed E-state index contributed by atoms with van der Waals surface area (Å²) in [4.78, 5) is 24.2. The van der Waals surface area contributed by atoms with Crippen molar-refractivity contribution in [3.8, 4) is 0 Å². The first-order valence-corrected chi connectivity index (χ1v) is 7.10. The predicted molar refractivity (Wildman–Crippen MR) is 58.8 cm³/mol. The predicted octanol–water partition coefficient (Wildman–Crippen LogP) is -0.140. The lowest BCUT2D eigenvalue weighted by molar-refractivity contribution is -0.160. The molecule has 2 aliphatic heterocycles. The summed E-state index contributed by atoms with van der Waals surface area (Å²) in [6.07, 6.45) is -0.0591. The number of nitrogens with zero attached hydrogens (tertiary/aromatic N) is 1. The summed E-state index contributed by atoms with van der Waals surface area (Å²) in [5.41, 5.74) is 0. The molecule has 2 fully saturated rings. The minimum Gasteiger partial charge on any atom is -0.448 e. The van der Waals surface area contributed by atoms with Crippen molar-refractivity contribution in [2.45, 2.75) is 36.4 Å². The Kier molecular flexibility index (Phi) is 2.66. The van der Waals surface area contributed by atoms with Gasteiger partial charge < -0.3 is 9.64 Å². The van der Waals surface area contributed by atoms with E-state index in [1.54, 1.807) is 0 Å². The van der Waals surface area contributed by atoms with Crippen molar-refractivity contribution in [3.63, 3.8) is 0 Å². The van der Waals surface area contributed by atoms with Gasteiger partial charge >= 0.3 is 5.97 Å². The van der Waals surface area contributed by atoms with Crippen molar-refractivity contribution < 1.29 is 22.7 Å². The minimum atomic E-state index is -3.55. The van der Waals surface area contributed by atoms with E-state index in [1.165, 1.54) is 13.8 Å². The van der Waals surface area contributed by atoms with Gasteiger partial charge in [-0.1, -0.05) is 11.6 Å². The highest BCUT2D eigenvalue weighted by atomic mass is 35.5. The number of β-lactam (4-membered cyclic amide) rings is 1. The zero-order chi connectivity index (χ0) is 13.0. The molecule has 0 saturated carbocycles. The number of amides is 1. The second-order valence-corrected chi connectivity index (χ2v) is 7.49. The molecule has 0 bridgehead atoms. The van der Waals surface area contributed by atoms with Crippen LogP contribution in [0.5, 0.6) is 0 Å². The lowest BCUT2D eigenvalue weighted by Crippen LogP contribution is -2.57. The molecule has 0 N–H and O–H groups in total. The molecule has 17 heavy (non-hydrogen) atoms. The Bertz CT molecular complexity index is 486. The average molecular weight is 282 g/mol. The van der Waals surface area contributed by atoms with Crippen molar-refractivity contribution >= 4 is 33.3 Å². The summed E-state index contributed by atoms with van der Waals surface area (Å²) < 4.78 is 27.5. The van der Waals surface area contributed by atoms with Crippen LogP contribution in [-0.4, -0.2) is 47.4 Å². The van der Waals surface area contributed by atoms with E-state index in [4.69, 9.17) is 11.6 Å². The van der Waals surface area contributed by atoms with Crippen LogP contribution in [0.4, 0.5) is 0 Å². The molecule has 6 nitrogen and oxygen atoms in total. The van der Waals surface area contributed by atoms with Crippen LogP contribution < -0.4 is 0 Å². The van der Waals surface area contributed by atoms with Gasteiger partial charge in [0.15, 0.2) is 15.9 Å². The van der Waals surface area contributed by atoms with E-state index in [0.717, 1.165) is 4.90 Å². The van der Waals surface area contributed by atoms with Crippen molar-refractivity contribution in [2.24, 2.45) is 0 Å². The molecule has 0 aromatic carbocycles. The smallest absolute Gasteiger partial charge is 0.331 e. The van der Waals surface area contributed by atoms with Gasteiger partial charge in [-0.3, -0.25) is 4.79 Å². The molecule has 0 unspecified atom stereocenters. The summed E-state index contributed by atoms with van der Waals surface area (Å²) in [5, 5.41) is -0.891. The van der Waals surface area contributed by atoms with Crippen molar-refractivity contribution in [3.05, 3.63) is 0 Å². The Balaban J connectivity index is 2.44. The summed E-state index contributed by atoms with van der Waals surface area (Å²) in [5.74, 6) is -1.12. The number of halogens is 1. The molecule has 0 radical (unpaired) electrons. The summed E-state index contributed by atoms with van der Waals surface area (Å²) in [6.45, 7) is 2.85.